The summed E-state index contributed by atoms with van der Waals surface area (Å²) >= 11 is 5.61. The van der Waals surface area contributed by atoms with Crippen LogP contribution in [0.4, 0.5) is 11.9 Å². The van der Waals surface area contributed by atoms with Crippen molar-refractivity contribution in [2.24, 2.45) is 0 Å². The SMILES string of the molecule is Nc1nc(Cl)nc(NCC(=O)N2CCCC2)n1. The summed E-state index contributed by atoms with van der Waals surface area (Å²) in [6.07, 6.45) is 2.13. The minimum Gasteiger partial charge on any atom is -0.368 e. The van der Waals surface area contributed by atoms with Crippen LogP contribution in [0, 0.1) is 0 Å². The van der Waals surface area contributed by atoms with Gasteiger partial charge in [0.15, 0.2) is 0 Å². The second-order valence-corrected chi connectivity index (χ2v) is 4.07. The second-order valence-electron chi connectivity index (χ2n) is 3.73. The molecule has 8 heteroatoms. The van der Waals surface area contributed by atoms with Gasteiger partial charge in [0.05, 0.1) is 6.54 Å². The summed E-state index contributed by atoms with van der Waals surface area (Å²) in [4.78, 5) is 24.8. The third-order valence-corrected chi connectivity index (χ3v) is 2.65. The number of hydrogen-bond acceptors (Lipinski definition) is 6. The number of aromatic nitrogens is 3. The molecular formula is C9H13ClN6O. The van der Waals surface area contributed by atoms with Gasteiger partial charge in [-0.2, -0.15) is 15.0 Å². The molecule has 2 rings (SSSR count). The highest BCUT2D eigenvalue weighted by Gasteiger charge is 2.17. The Morgan fingerprint density at radius 3 is 2.71 bits per heavy atom. The summed E-state index contributed by atoms with van der Waals surface area (Å²) < 4.78 is 0. The predicted octanol–water partition coefficient (Wildman–Crippen LogP) is 0.141. The Kier molecular flexibility index (Phi) is 3.58. The van der Waals surface area contributed by atoms with E-state index in [9.17, 15) is 4.79 Å². The second kappa shape index (κ2) is 5.13. The largest absolute Gasteiger partial charge is 0.368 e. The van der Waals surface area contributed by atoms with E-state index in [0.717, 1.165) is 25.9 Å². The van der Waals surface area contributed by atoms with Gasteiger partial charge in [-0.3, -0.25) is 4.79 Å². The zero-order valence-electron chi connectivity index (χ0n) is 9.19. The number of nitrogen functional groups attached to an aromatic ring is 1. The number of hydrogen-bond donors (Lipinski definition) is 2. The molecule has 0 radical (unpaired) electrons. The van der Waals surface area contributed by atoms with Crippen LogP contribution in [0.2, 0.25) is 5.28 Å². The first kappa shape index (κ1) is 11.8. The van der Waals surface area contributed by atoms with E-state index < -0.39 is 0 Å². The first-order valence-electron chi connectivity index (χ1n) is 5.34. The minimum atomic E-state index is 0.00798. The van der Waals surface area contributed by atoms with E-state index in [2.05, 4.69) is 20.3 Å². The Morgan fingerprint density at radius 2 is 2.06 bits per heavy atom. The zero-order valence-corrected chi connectivity index (χ0v) is 9.94. The molecule has 0 atom stereocenters. The number of nitrogens with zero attached hydrogens (tertiary/aromatic N) is 4. The summed E-state index contributed by atoms with van der Waals surface area (Å²) in [5.74, 6) is 0.272. The third-order valence-electron chi connectivity index (χ3n) is 2.48. The number of rotatable bonds is 3. The van der Waals surface area contributed by atoms with Gasteiger partial charge in [-0.15, -0.1) is 0 Å². The molecule has 3 N–H and O–H groups in total. The van der Waals surface area contributed by atoms with Crippen LogP contribution in [-0.2, 0) is 4.79 Å². The molecule has 7 nitrogen and oxygen atoms in total. The number of likely N-dealkylation sites (tertiary alicyclic amines) is 1. The first-order valence-corrected chi connectivity index (χ1v) is 5.71. The fraction of sp³-hybridized carbons (Fsp3) is 0.556. The van der Waals surface area contributed by atoms with E-state index in [4.69, 9.17) is 17.3 Å². The van der Waals surface area contributed by atoms with Crippen LogP contribution in [0.5, 0.6) is 0 Å². The van der Waals surface area contributed by atoms with Crippen molar-refractivity contribution in [3.8, 4) is 0 Å². The van der Waals surface area contributed by atoms with Gasteiger partial charge < -0.3 is 16.0 Å². The van der Waals surface area contributed by atoms with Crippen LogP contribution >= 0.6 is 11.6 Å². The zero-order chi connectivity index (χ0) is 12.3. The first-order chi connectivity index (χ1) is 8.15. The summed E-state index contributed by atoms with van der Waals surface area (Å²) in [6, 6.07) is 0. The summed E-state index contributed by atoms with van der Waals surface area (Å²) in [7, 11) is 0. The number of halogens is 1. The molecule has 0 bridgehead atoms. The van der Waals surface area contributed by atoms with Gasteiger partial charge in [-0.25, -0.2) is 0 Å². The molecule has 2 heterocycles. The lowest BCUT2D eigenvalue weighted by atomic mass is 10.4. The van der Waals surface area contributed by atoms with Crippen LogP contribution in [0.15, 0.2) is 0 Å². The average molecular weight is 257 g/mol. The quantitative estimate of drug-likeness (QED) is 0.799. The van der Waals surface area contributed by atoms with Crippen molar-refractivity contribution < 1.29 is 4.79 Å². The van der Waals surface area contributed by atoms with E-state index in [1.165, 1.54) is 0 Å². The minimum absolute atomic E-state index is 0.00798. The van der Waals surface area contributed by atoms with Crippen molar-refractivity contribution in [3.05, 3.63) is 5.28 Å². The van der Waals surface area contributed by atoms with Crippen LogP contribution in [-0.4, -0.2) is 45.4 Å². The Morgan fingerprint density at radius 1 is 1.35 bits per heavy atom. The molecule has 0 aliphatic carbocycles. The molecule has 1 aromatic rings. The number of nitrogens with two attached hydrogens (primary N) is 1. The molecule has 0 spiro atoms. The van der Waals surface area contributed by atoms with Crippen molar-refractivity contribution >= 4 is 29.4 Å². The lowest BCUT2D eigenvalue weighted by molar-refractivity contribution is -0.128. The van der Waals surface area contributed by atoms with Crippen LogP contribution in [0.3, 0.4) is 0 Å². The number of anilines is 2. The summed E-state index contributed by atoms with van der Waals surface area (Å²) in [6.45, 7) is 1.78. The monoisotopic (exact) mass is 256 g/mol. The van der Waals surface area contributed by atoms with Gasteiger partial charge in [-0.1, -0.05) is 0 Å². The summed E-state index contributed by atoms with van der Waals surface area (Å²) in [5, 5.41) is 2.79. The van der Waals surface area contributed by atoms with Gasteiger partial charge in [0.1, 0.15) is 0 Å². The molecule has 1 aromatic heterocycles. The van der Waals surface area contributed by atoms with Crippen LogP contribution in [0.25, 0.3) is 0 Å². The lowest BCUT2D eigenvalue weighted by Crippen LogP contribution is -2.33. The van der Waals surface area contributed by atoms with E-state index in [1.54, 1.807) is 4.90 Å². The number of amides is 1. The molecule has 1 saturated heterocycles. The van der Waals surface area contributed by atoms with Crippen molar-refractivity contribution in [2.75, 3.05) is 30.7 Å². The lowest BCUT2D eigenvalue weighted by Gasteiger charge is -2.15. The molecule has 92 valence electrons. The van der Waals surface area contributed by atoms with E-state index in [0.29, 0.717) is 0 Å². The number of carbonyl (C=O) groups is 1. The van der Waals surface area contributed by atoms with Crippen molar-refractivity contribution in [1.82, 2.24) is 19.9 Å². The topological polar surface area (TPSA) is 97.0 Å². The fourth-order valence-electron chi connectivity index (χ4n) is 1.68. The smallest absolute Gasteiger partial charge is 0.241 e. The summed E-state index contributed by atoms with van der Waals surface area (Å²) in [5.41, 5.74) is 5.41. The molecule has 1 aliphatic heterocycles. The highest BCUT2D eigenvalue weighted by molar-refractivity contribution is 6.28. The Hall–Kier alpha value is -1.63. The van der Waals surface area contributed by atoms with Gasteiger partial charge in [0.25, 0.3) is 0 Å². The third kappa shape index (κ3) is 3.16. The fourth-order valence-corrected chi connectivity index (χ4v) is 1.84. The van der Waals surface area contributed by atoms with Crippen LogP contribution < -0.4 is 11.1 Å². The normalized spacial score (nSPS) is 15.0. The van der Waals surface area contributed by atoms with Crippen molar-refractivity contribution in [1.29, 1.82) is 0 Å². The highest BCUT2D eigenvalue weighted by Crippen LogP contribution is 2.09. The molecular weight excluding hydrogens is 244 g/mol. The number of nitrogens with one attached hydrogen (secondary N) is 1. The average Bonchev–Trinajstić information content (AvgIpc) is 2.78. The van der Waals surface area contributed by atoms with Gasteiger partial charge in [-0.05, 0) is 24.4 Å². The predicted molar refractivity (Wildman–Crippen MR) is 63.6 cm³/mol. The van der Waals surface area contributed by atoms with E-state index in [1.807, 2.05) is 0 Å². The molecule has 1 fully saturated rings. The number of carbonyl (C=O) groups excluding carboxylic acids is 1. The molecule has 1 amide bonds. The Balaban J connectivity index is 1.90. The van der Waals surface area contributed by atoms with E-state index >= 15 is 0 Å². The molecule has 17 heavy (non-hydrogen) atoms. The maximum absolute atomic E-state index is 11.7. The van der Waals surface area contributed by atoms with Crippen LogP contribution in [0.1, 0.15) is 12.8 Å². The molecule has 0 saturated carbocycles. The standard InChI is InChI=1S/C9H13ClN6O/c10-7-13-8(11)15-9(14-7)12-5-6(17)16-3-1-2-4-16/h1-5H2,(H3,11,12,13,14,15). The molecule has 0 aromatic carbocycles. The van der Waals surface area contributed by atoms with Crippen molar-refractivity contribution in [3.63, 3.8) is 0 Å². The van der Waals surface area contributed by atoms with Gasteiger partial charge >= 0.3 is 0 Å². The molecule has 1 aliphatic rings. The molecule has 0 unspecified atom stereocenters. The maximum Gasteiger partial charge on any atom is 0.241 e. The van der Waals surface area contributed by atoms with E-state index in [-0.39, 0.29) is 29.6 Å². The van der Waals surface area contributed by atoms with Crippen molar-refractivity contribution in [2.45, 2.75) is 12.8 Å². The maximum atomic E-state index is 11.7. The van der Waals surface area contributed by atoms with Gasteiger partial charge in [0.2, 0.25) is 23.1 Å². The Bertz CT molecular complexity index is 400. The van der Waals surface area contributed by atoms with Gasteiger partial charge in [0, 0.05) is 13.1 Å². The highest BCUT2D eigenvalue weighted by atomic mass is 35.5. The Labute approximate surface area is 103 Å².